The van der Waals surface area contributed by atoms with Crippen LogP contribution in [0.4, 0.5) is 5.69 Å². The minimum atomic E-state index is 0. The van der Waals surface area contributed by atoms with E-state index in [2.05, 4.69) is 5.32 Å². The second-order valence-electron chi connectivity index (χ2n) is 8.48. The topological polar surface area (TPSA) is 63.2 Å². The number of anilines is 1. The van der Waals surface area contributed by atoms with Gasteiger partial charge in [-0.2, -0.15) is 0 Å². The summed E-state index contributed by atoms with van der Waals surface area (Å²) in [4.78, 5) is 37.6. The molecular weight excluding hydrogens is 458 g/mol. The lowest BCUT2D eigenvalue weighted by Gasteiger charge is -2.12. The summed E-state index contributed by atoms with van der Waals surface area (Å²) in [6.07, 6.45) is 1.14. The second-order valence-corrected chi connectivity index (χ2v) is 8.48. The summed E-state index contributed by atoms with van der Waals surface area (Å²) >= 11 is 0. The zero-order valence-corrected chi connectivity index (χ0v) is 23.2. The predicted molar refractivity (Wildman–Crippen MR) is 156 cm³/mol. The lowest BCUT2D eigenvalue weighted by atomic mass is 9.99. The zero-order chi connectivity index (χ0) is 27.5. The maximum absolute atomic E-state index is 12.7. The van der Waals surface area contributed by atoms with E-state index in [0.717, 1.165) is 33.6 Å². The van der Waals surface area contributed by atoms with E-state index >= 15 is 0 Å². The van der Waals surface area contributed by atoms with E-state index in [9.17, 15) is 14.4 Å². The SMILES string of the molecule is CC.CC.CCC(=O)c1ccc2c(c1)/C(=C(\C)Nc1ccc(C(=O)Cc3ccccc3C)cc1)C(=O)C2.[HH]. The fraction of sp³-hybridized carbons (Fsp3) is 0.303. The Hall–Kier alpha value is -3.79. The molecule has 0 bridgehead atoms. The molecule has 4 rings (SSSR count). The Labute approximate surface area is 223 Å². The highest BCUT2D eigenvalue weighted by Crippen LogP contribution is 2.33. The van der Waals surface area contributed by atoms with Crippen LogP contribution in [-0.4, -0.2) is 17.3 Å². The average molecular weight is 500 g/mol. The Morgan fingerprint density at radius 1 is 0.865 bits per heavy atom. The van der Waals surface area contributed by atoms with Gasteiger partial charge < -0.3 is 5.32 Å². The molecule has 4 nitrogen and oxygen atoms in total. The molecule has 0 fully saturated rings. The van der Waals surface area contributed by atoms with Gasteiger partial charge in [0.2, 0.25) is 0 Å². The van der Waals surface area contributed by atoms with Crippen LogP contribution in [0.5, 0.6) is 0 Å². The van der Waals surface area contributed by atoms with Crippen molar-refractivity contribution in [3.05, 3.63) is 106 Å². The van der Waals surface area contributed by atoms with Crippen molar-refractivity contribution in [3.63, 3.8) is 0 Å². The summed E-state index contributed by atoms with van der Waals surface area (Å²) in [6.45, 7) is 13.7. The molecule has 0 unspecified atom stereocenters. The van der Waals surface area contributed by atoms with Crippen molar-refractivity contribution in [1.29, 1.82) is 0 Å². The first kappa shape index (κ1) is 29.4. The molecule has 0 saturated heterocycles. The normalized spacial score (nSPS) is 12.9. The molecule has 196 valence electrons. The van der Waals surface area contributed by atoms with Crippen molar-refractivity contribution in [2.24, 2.45) is 0 Å². The van der Waals surface area contributed by atoms with E-state index in [1.54, 1.807) is 6.07 Å². The molecule has 0 amide bonds. The smallest absolute Gasteiger partial charge is 0.169 e. The molecule has 0 aromatic heterocycles. The minimum Gasteiger partial charge on any atom is -0.359 e. The molecule has 0 heterocycles. The van der Waals surface area contributed by atoms with Crippen LogP contribution >= 0.6 is 0 Å². The van der Waals surface area contributed by atoms with Crippen molar-refractivity contribution in [3.8, 4) is 0 Å². The number of aryl methyl sites for hydroxylation is 1. The number of carbonyl (C=O) groups excluding carboxylic acids is 3. The Kier molecular flexibility index (Phi) is 11.2. The number of benzene rings is 3. The maximum atomic E-state index is 12.7. The number of carbonyl (C=O) groups is 3. The van der Waals surface area contributed by atoms with Crippen LogP contribution in [0.15, 0.2) is 72.4 Å². The molecule has 0 saturated carbocycles. The highest BCUT2D eigenvalue weighted by molar-refractivity contribution is 6.26. The van der Waals surface area contributed by atoms with E-state index < -0.39 is 0 Å². The predicted octanol–water partition coefficient (Wildman–Crippen LogP) is 8.28. The molecular formula is C33H41NO3. The quantitative estimate of drug-likeness (QED) is 0.262. The lowest BCUT2D eigenvalue weighted by Crippen LogP contribution is -2.06. The summed E-state index contributed by atoms with van der Waals surface area (Å²) in [6, 6.07) is 20.7. The van der Waals surface area contributed by atoms with Crippen LogP contribution in [-0.2, 0) is 17.6 Å². The first-order chi connectivity index (χ1) is 17.9. The Morgan fingerprint density at radius 3 is 2.11 bits per heavy atom. The van der Waals surface area contributed by atoms with Crippen LogP contribution in [0.25, 0.3) is 5.57 Å². The van der Waals surface area contributed by atoms with Gasteiger partial charge >= 0.3 is 0 Å². The summed E-state index contributed by atoms with van der Waals surface area (Å²) in [5.41, 5.74) is 7.35. The number of fused-ring (bicyclic) bond motifs is 1. The fourth-order valence-electron chi connectivity index (χ4n) is 4.27. The fourth-order valence-corrected chi connectivity index (χ4v) is 4.27. The number of hydrogen-bond acceptors (Lipinski definition) is 4. The van der Waals surface area contributed by atoms with Gasteiger partial charge in [0, 0.05) is 48.8 Å². The van der Waals surface area contributed by atoms with Gasteiger partial charge in [-0.05, 0) is 66.4 Å². The van der Waals surface area contributed by atoms with E-state index in [4.69, 9.17) is 0 Å². The van der Waals surface area contributed by atoms with Crippen LogP contribution in [0, 0.1) is 6.92 Å². The summed E-state index contributed by atoms with van der Waals surface area (Å²) < 4.78 is 0. The number of rotatable bonds is 7. The van der Waals surface area contributed by atoms with E-state index in [0.29, 0.717) is 36.0 Å². The van der Waals surface area contributed by atoms with Gasteiger partial charge in [-0.15, -0.1) is 0 Å². The molecule has 0 radical (unpaired) electrons. The van der Waals surface area contributed by atoms with Gasteiger partial charge in [-0.1, -0.05) is 71.0 Å². The van der Waals surface area contributed by atoms with Crippen LogP contribution in [0.2, 0.25) is 0 Å². The minimum absolute atomic E-state index is 0. The highest BCUT2D eigenvalue weighted by atomic mass is 16.1. The largest absolute Gasteiger partial charge is 0.359 e. The molecule has 3 aromatic carbocycles. The highest BCUT2D eigenvalue weighted by Gasteiger charge is 2.27. The third-order valence-electron chi connectivity index (χ3n) is 6.18. The molecule has 1 N–H and O–H groups in total. The molecule has 0 atom stereocenters. The van der Waals surface area contributed by atoms with Gasteiger partial charge in [-0.25, -0.2) is 0 Å². The molecule has 4 heteroatoms. The average Bonchev–Trinajstić information content (AvgIpc) is 3.27. The molecule has 37 heavy (non-hydrogen) atoms. The first-order valence-corrected chi connectivity index (χ1v) is 13.2. The molecule has 0 aliphatic heterocycles. The summed E-state index contributed by atoms with van der Waals surface area (Å²) in [5.74, 6) is 0.174. The van der Waals surface area contributed by atoms with Crippen molar-refractivity contribution in [1.82, 2.24) is 0 Å². The number of nitrogens with one attached hydrogen (secondary N) is 1. The van der Waals surface area contributed by atoms with Gasteiger partial charge in [0.1, 0.15) is 0 Å². The summed E-state index contributed by atoms with van der Waals surface area (Å²) in [5, 5.41) is 3.31. The number of Topliss-reactive ketones (excluding diaryl/α,β-unsaturated/α-hetero) is 3. The van der Waals surface area contributed by atoms with Crippen LogP contribution in [0.3, 0.4) is 0 Å². The molecule has 1 aliphatic carbocycles. The third kappa shape index (κ3) is 7.13. The number of hydrogen-bond donors (Lipinski definition) is 1. The van der Waals surface area contributed by atoms with Crippen molar-refractivity contribution in [2.45, 2.75) is 67.7 Å². The third-order valence-corrected chi connectivity index (χ3v) is 6.18. The molecule has 0 spiro atoms. The van der Waals surface area contributed by atoms with Gasteiger partial charge in [-0.3, -0.25) is 14.4 Å². The lowest BCUT2D eigenvalue weighted by molar-refractivity contribution is -0.112. The Morgan fingerprint density at radius 2 is 1.49 bits per heavy atom. The van der Waals surface area contributed by atoms with E-state index in [1.807, 2.05) is 109 Å². The van der Waals surface area contributed by atoms with Gasteiger partial charge in [0.05, 0.1) is 0 Å². The van der Waals surface area contributed by atoms with Gasteiger partial charge in [0.25, 0.3) is 0 Å². The Balaban J connectivity index is 0.00000138. The second kappa shape index (κ2) is 14.1. The molecule has 1 aliphatic rings. The molecule has 3 aromatic rings. The van der Waals surface area contributed by atoms with Gasteiger partial charge in [0.15, 0.2) is 17.3 Å². The summed E-state index contributed by atoms with van der Waals surface area (Å²) in [7, 11) is 0. The van der Waals surface area contributed by atoms with E-state index in [-0.39, 0.29) is 18.8 Å². The zero-order valence-electron chi connectivity index (χ0n) is 23.2. The Bertz CT molecular complexity index is 1290. The van der Waals surface area contributed by atoms with Crippen molar-refractivity contribution in [2.75, 3.05) is 5.32 Å². The maximum Gasteiger partial charge on any atom is 0.169 e. The van der Waals surface area contributed by atoms with E-state index in [1.165, 1.54) is 0 Å². The first-order valence-electron chi connectivity index (χ1n) is 13.2. The monoisotopic (exact) mass is 499 g/mol. The van der Waals surface area contributed by atoms with Crippen LogP contribution < -0.4 is 5.32 Å². The van der Waals surface area contributed by atoms with Crippen LogP contribution in [0.1, 0.15) is 92.4 Å². The number of ketones is 3. The van der Waals surface area contributed by atoms with Crippen molar-refractivity contribution >= 4 is 28.6 Å². The standard InChI is InChI=1S/C29H27NO3.2C2H6.H2/c1-4-26(31)23-10-9-22-17-28(33)29(25(22)15-23)19(3)30-24-13-11-20(12-14-24)27(32)16-21-8-6-5-7-18(21)2;2*1-2;/h5-15,30H,4,16-17H2,1-3H3;2*1-2H3;1H/b29-19-;;;. The number of allylic oxidation sites excluding steroid dienone is 2. The van der Waals surface area contributed by atoms with Crippen molar-refractivity contribution < 1.29 is 15.8 Å².